The van der Waals surface area contributed by atoms with Crippen LogP contribution in [0.3, 0.4) is 0 Å². The van der Waals surface area contributed by atoms with Crippen molar-refractivity contribution in [1.29, 1.82) is 0 Å². The van der Waals surface area contributed by atoms with Gasteiger partial charge >= 0.3 is 0 Å². The summed E-state index contributed by atoms with van der Waals surface area (Å²) in [6.45, 7) is 0.108. The van der Waals surface area contributed by atoms with Crippen LogP contribution in [0.1, 0.15) is 24.0 Å². The van der Waals surface area contributed by atoms with E-state index in [1.807, 2.05) is 0 Å². The van der Waals surface area contributed by atoms with Crippen molar-refractivity contribution >= 4 is 21.6 Å². The van der Waals surface area contributed by atoms with E-state index >= 15 is 0 Å². The molecule has 2 aromatic carbocycles. The van der Waals surface area contributed by atoms with Gasteiger partial charge in [-0.05, 0) is 54.7 Å². The molecule has 1 aliphatic heterocycles. The summed E-state index contributed by atoms with van der Waals surface area (Å²) in [6.07, 6.45) is 2.03. The smallest absolute Gasteiger partial charge is 0.240 e. The van der Waals surface area contributed by atoms with Gasteiger partial charge in [0.15, 0.2) is 0 Å². The minimum atomic E-state index is -3.69. The molecule has 0 saturated carbocycles. The number of halogens is 1. The third kappa shape index (κ3) is 4.24. The average Bonchev–Trinajstić information content (AvgIpc) is 2.76. The quantitative estimate of drug-likeness (QED) is 0.859. The van der Waals surface area contributed by atoms with Crippen molar-refractivity contribution in [3.63, 3.8) is 0 Å². The largest absolute Gasteiger partial charge is 0.326 e. The number of fused-ring (bicyclic) bond motifs is 1. The molecule has 1 aliphatic rings. The van der Waals surface area contributed by atoms with E-state index in [0.29, 0.717) is 30.5 Å². The Bertz CT molecular complexity index is 897. The Morgan fingerprint density at radius 1 is 1.12 bits per heavy atom. The Kier molecular flexibility index (Phi) is 5.15. The lowest BCUT2D eigenvalue weighted by Gasteiger charge is -2.11. The molecule has 0 aliphatic carbocycles. The van der Waals surface area contributed by atoms with Gasteiger partial charge in [-0.15, -0.1) is 0 Å². The van der Waals surface area contributed by atoms with E-state index in [2.05, 4.69) is 10.0 Å². The Morgan fingerprint density at radius 2 is 1.92 bits per heavy atom. The summed E-state index contributed by atoms with van der Waals surface area (Å²) in [4.78, 5) is 11.7. The highest BCUT2D eigenvalue weighted by molar-refractivity contribution is 7.89. The maximum absolute atomic E-state index is 13.6. The van der Waals surface area contributed by atoms with Crippen molar-refractivity contribution in [2.45, 2.75) is 30.6 Å². The van der Waals surface area contributed by atoms with E-state index in [1.54, 1.807) is 30.3 Å². The fraction of sp³-hybridized carbons (Fsp3) is 0.278. The molecule has 0 radical (unpaired) electrons. The van der Waals surface area contributed by atoms with Crippen LogP contribution in [0.15, 0.2) is 47.4 Å². The molecule has 0 unspecified atom stereocenters. The molecule has 2 N–H and O–H groups in total. The minimum absolute atomic E-state index is 0.0580. The zero-order valence-electron chi connectivity index (χ0n) is 13.6. The molecule has 0 aromatic heterocycles. The van der Waals surface area contributed by atoms with Crippen LogP contribution in [-0.2, 0) is 27.7 Å². The molecule has 1 heterocycles. The van der Waals surface area contributed by atoms with Gasteiger partial charge in [0, 0.05) is 18.7 Å². The van der Waals surface area contributed by atoms with Crippen molar-refractivity contribution in [2.75, 3.05) is 11.9 Å². The van der Waals surface area contributed by atoms with Gasteiger partial charge in [0.1, 0.15) is 5.82 Å². The Morgan fingerprint density at radius 3 is 2.72 bits per heavy atom. The van der Waals surface area contributed by atoms with Gasteiger partial charge in [-0.2, -0.15) is 0 Å². The summed E-state index contributed by atoms with van der Waals surface area (Å²) < 4.78 is 41.0. The van der Waals surface area contributed by atoms with Crippen LogP contribution in [0.2, 0.25) is 0 Å². The third-order valence-electron chi connectivity index (χ3n) is 4.16. The molecular formula is C18H19FN2O3S. The second kappa shape index (κ2) is 7.33. The van der Waals surface area contributed by atoms with Crippen LogP contribution >= 0.6 is 0 Å². The standard InChI is InChI=1S/C18H19FN2O3S/c19-16-6-2-1-4-13(16)10-11-20-25(23,24)15-8-9-17-14(12-15)5-3-7-18(22)21-17/h1-2,4,6,8-9,12,20H,3,5,7,10-11H2,(H,21,22). The van der Waals surface area contributed by atoms with Crippen molar-refractivity contribution in [3.05, 3.63) is 59.4 Å². The number of amides is 1. The second-order valence-corrected chi connectivity index (χ2v) is 7.73. The highest BCUT2D eigenvalue weighted by atomic mass is 32.2. The first kappa shape index (κ1) is 17.6. The highest BCUT2D eigenvalue weighted by Gasteiger charge is 2.18. The van der Waals surface area contributed by atoms with Crippen LogP contribution < -0.4 is 10.0 Å². The number of rotatable bonds is 5. The fourth-order valence-electron chi connectivity index (χ4n) is 2.82. The van der Waals surface area contributed by atoms with Crippen LogP contribution in [0.25, 0.3) is 0 Å². The summed E-state index contributed by atoms with van der Waals surface area (Å²) in [6, 6.07) is 11.0. The van der Waals surface area contributed by atoms with Crippen LogP contribution in [0, 0.1) is 5.82 Å². The molecule has 7 heteroatoms. The summed E-state index contributed by atoms with van der Waals surface area (Å²) in [5.74, 6) is -0.403. The predicted octanol–water partition coefficient (Wildman–Crippen LogP) is 2.62. The predicted molar refractivity (Wildman–Crippen MR) is 93.3 cm³/mol. The van der Waals surface area contributed by atoms with Gasteiger partial charge in [0.05, 0.1) is 4.90 Å². The third-order valence-corrected chi connectivity index (χ3v) is 5.61. The van der Waals surface area contributed by atoms with E-state index in [4.69, 9.17) is 0 Å². The van der Waals surface area contributed by atoms with E-state index in [0.717, 1.165) is 5.56 Å². The lowest BCUT2D eigenvalue weighted by atomic mass is 10.1. The molecule has 5 nitrogen and oxygen atoms in total. The first-order valence-corrected chi connectivity index (χ1v) is 9.60. The second-order valence-electron chi connectivity index (χ2n) is 5.96. The van der Waals surface area contributed by atoms with Crippen molar-refractivity contribution in [3.8, 4) is 0 Å². The van der Waals surface area contributed by atoms with E-state index in [-0.39, 0.29) is 29.6 Å². The fourth-order valence-corrected chi connectivity index (χ4v) is 3.90. The van der Waals surface area contributed by atoms with Crippen LogP contribution in [-0.4, -0.2) is 20.9 Å². The molecule has 1 amide bonds. The van der Waals surface area contributed by atoms with Crippen LogP contribution in [0.4, 0.5) is 10.1 Å². The Hall–Kier alpha value is -2.25. The first-order chi connectivity index (χ1) is 12.0. The van der Waals surface area contributed by atoms with Gasteiger partial charge in [-0.3, -0.25) is 4.79 Å². The molecule has 0 spiro atoms. The molecule has 132 valence electrons. The molecule has 0 atom stereocenters. The summed E-state index contributed by atoms with van der Waals surface area (Å²) in [5.41, 5.74) is 1.94. The number of aryl methyl sites for hydroxylation is 1. The lowest BCUT2D eigenvalue weighted by molar-refractivity contribution is -0.116. The van der Waals surface area contributed by atoms with Gasteiger partial charge in [-0.1, -0.05) is 18.2 Å². The summed E-state index contributed by atoms with van der Waals surface area (Å²) in [5, 5.41) is 2.78. The van der Waals surface area contributed by atoms with Crippen molar-refractivity contribution in [1.82, 2.24) is 4.72 Å². The Labute approximate surface area is 146 Å². The number of nitrogens with one attached hydrogen (secondary N) is 2. The number of anilines is 1. The van der Waals surface area contributed by atoms with Crippen LogP contribution in [0.5, 0.6) is 0 Å². The number of hydrogen-bond donors (Lipinski definition) is 2. The van der Waals surface area contributed by atoms with Gasteiger partial charge < -0.3 is 5.32 Å². The monoisotopic (exact) mass is 362 g/mol. The topological polar surface area (TPSA) is 75.3 Å². The maximum Gasteiger partial charge on any atom is 0.240 e. The van der Waals surface area contributed by atoms with E-state index in [9.17, 15) is 17.6 Å². The normalized spacial score (nSPS) is 14.5. The summed E-state index contributed by atoms with van der Waals surface area (Å²) >= 11 is 0. The van der Waals surface area contributed by atoms with Gasteiger partial charge in [0.25, 0.3) is 0 Å². The molecule has 0 fully saturated rings. The zero-order valence-corrected chi connectivity index (χ0v) is 14.4. The van der Waals surface area contributed by atoms with Gasteiger partial charge in [0.2, 0.25) is 15.9 Å². The SMILES string of the molecule is O=C1CCCc2cc(S(=O)(=O)NCCc3ccccc3F)ccc2N1. The number of carbonyl (C=O) groups excluding carboxylic acids is 1. The number of carbonyl (C=O) groups is 1. The molecular weight excluding hydrogens is 343 g/mol. The lowest BCUT2D eigenvalue weighted by Crippen LogP contribution is -2.26. The van der Waals surface area contributed by atoms with E-state index < -0.39 is 10.0 Å². The molecule has 2 aromatic rings. The van der Waals surface area contributed by atoms with E-state index in [1.165, 1.54) is 12.1 Å². The first-order valence-electron chi connectivity index (χ1n) is 8.11. The maximum atomic E-state index is 13.6. The van der Waals surface area contributed by atoms with Crippen molar-refractivity contribution < 1.29 is 17.6 Å². The van der Waals surface area contributed by atoms with Gasteiger partial charge in [-0.25, -0.2) is 17.5 Å². The number of sulfonamides is 1. The Balaban J connectivity index is 1.71. The van der Waals surface area contributed by atoms with Crippen molar-refractivity contribution in [2.24, 2.45) is 0 Å². The minimum Gasteiger partial charge on any atom is -0.326 e. The molecule has 3 rings (SSSR count). The molecule has 0 bridgehead atoms. The molecule has 25 heavy (non-hydrogen) atoms. The summed E-state index contributed by atoms with van der Waals surface area (Å²) in [7, 11) is -3.69. The zero-order chi connectivity index (χ0) is 17.9. The number of benzene rings is 2. The average molecular weight is 362 g/mol. The molecule has 0 saturated heterocycles. The highest BCUT2D eigenvalue weighted by Crippen LogP contribution is 2.25. The number of hydrogen-bond acceptors (Lipinski definition) is 3.